The minimum absolute atomic E-state index is 0.0366. The van der Waals surface area contributed by atoms with Crippen LogP contribution in [0, 0.1) is 0 Å². The number of hydrogen-bond acceptors (Lipinski definition) is 5. The number of aromatic amines is 2. The third kappa shape index (κ3) is 6.15. The molecule has 0 spiro atoms. The molecule has 3 N–H and O–H groups in total. The molecule has 1 amide bonds. The topological polar surface area (TPSA) is 92.9 Å². The third-order valence-electron chi connectivity index (χ3n) is 10.3. The number of nitrogens with one attached hydrogen (secondary N) is 3. The molecule has 3 aliphatic rings. The van der Waals surface area contributed by atoms with Gasteiger partial charge in [0, 0.05) is 6.54 Å². The van der Waals surface area contributed by atoms with Gasteiger partial charge in [0.2, 0.25) is 5.91 Å². The number of amides is 1. The fourth-order valence-corrected chi connectivity index (χ4v) is 7.71. The van der Waals surface area contributed by atoms with Crippen molar-refractivity contribution in [2.75, 3.05) is 26.2 Å². The van der Waals surface area contributed by atoms with Crippen molar-refractivity contribution in [3.63, 3.8) is 0 Å². The number of likely N-dealkylation sites (tertiary alicyclic amines) is 2. The van der Waals surface area contributed by atoms with Crippen LogP contribution in [0.3, 0.4) is 0 Å². The van der Waals surface area contributed by atoms with Crippen LogP contribution < -0.4 is 5.32 Å². The van der Waals surface area contributed by atoms with Crippen LogP contribution in [0.1, 0.15) is 80.3 Å². The highest BCUT2D eigenvalue weighted by atomic mass is 16.2. The summed E-state index contributed by atoms with van der Waals surface area (Å²) in [6.07, 6.45) is 11.6. The number of piperidine rings is 1. The Bertz CT molecular complexity index is 1780. The van der Waals surface area contributed by atoms with Crippen LogP contribution in [0.5, 0.6) is 0 Å². The van der Waals surface area contributed by atoms with E-state index >= 15 is 0 Å². The van der Waals surface area contributed by atoms with Gasteiger partial charge in [-0.1, -0.05) is 85.3 Å². The maximum atomic E-state index is 14.3. The van der Waals surface area contributed by atoms with Crippen LogP contribution in [-0.4, -0.2) is 61.8 Å². The quantitative estimate of drug-likeness (QED) is 0.167. The Balaban J connectivity index is 0.964. The summed E-state index contributed by atoms with van der Waals surface area (Å²) in [7, 11) is 0. The van der Waals surface area contributed by atoms with E-state index in [-0.39, 0.29) is 18.0 Å². The van der Waals surface area contributed by atoms with E-state index in [9.17, 15) is 4.79 Å². The number of H-pyrrole nitrogens is 2. The smallest absolute Gasteiger partial charge is 0.245 e. The predicted octanol–water partition coefficient (Wildman–Crippen LogP) is 7.45. The van der Waals surface area contributed by atoms with Crippen molar-refractivity contribution in [1.82, 2.24) is 35.1 Å². The second-order valence-corrected chi connectivity index (χ2v) is 13.3. The summed E-state index contributed by atoms with van der Waals surface area (Å²) in [4.78, 5) is 35.3. The standard InChI is InChI=1S/C39H43N7O/c47-39(36(31-9-3-1-4-10-31)45-22-5-2-6-23-45)46-24-8-12-35(46)38-42-26-34(44-38)30-19-15-28(16-20-30)27-13-17-29(18-14-27)33-25-41-37(43-33)32-11-7-21-40-32/h1,3-4,9-10,13-20,25-26,32,35-36,40H,2,5-8,11-12,21-24H2,(H,41,43)(H,42,44)/t32-,35-,36+/m0/s1. The first-order valence-corrected chi connectivity index (χ1v) is 17.4. The van der Waals surface area contributed by atoms with Crippen molar-refractivity contribution in [2.24, 2.45) is 0 Å². The fraction of sp³-hybridized carbons (Fsp3) is 0.359. The molecule has 240 valence electrons. The van der Waals surface area contributed by atoms with Gasteiger partial charge in [-0.25, -0.2) is 9.97 Å². The first-order chi connectivity index (χ1) is 23.2. The Morgan fingerprint density at radius 2 is 1.28 bits per heavy atom. The fourth-order valence-electron chi connectivity index (χ4n) is 7.71. The molecule has 8 heteroatoms. The van der Waals surface area contributed by atoms with Gasteiger partial charge in [-0.15, -0.1) is 0 Å². The van der Waals surface area contributed by atoms with Crippen molar-refractivity contribution < 1.29 is 4.79 Å². The Morgan fingerprint density at radius 1 is 0.660 bits per heavy atom. The van der Waals surface area contributed by atoms with Crippen molar-refractivity contribution in [3.05, 3.63) is 108 Å². The summed E-state index contributed by atoms with van der Waals surface area (Å²) >= 11 is 0. The minimum atomic E-state index is -0.237. The molecular formula is C39H43N7O. The van der Waals surface area contributed by atoms with Crippen LogP contribution in [0.25, 0.3) is 33.6 Å². The van der Waals surface area contributed by atoms with E-state index in [0.29, 0.717) is 6.04 Å². The Kier molecular flexibility index (Phi) is 8.44. The van der Waals surface area contributed by atoms with E-state index in [2.05, 4.69) is 90.7 Å². The Hall–Kier alpha value is -4.53. The highest BCUT2D eigenvalue weighted by molar-refractivity contribution is 5.84. The van der Waals surface area contributed by atoms with Gasteiger partial charge in [0.05, 0.1) is 35.9 Å². The van der Waals surface area contributed by atoms with Crippen LogP contribution in [-0.2, 0) is 4.79 Å². The molecule has 5 aromatic rings. The maximum Gasteiger partial charge on any atom is 0.245 e. The van der Waals surface area contributed by atoms with Crippen molar-refractivity contribution >= 4 is 5.91 Å². The molecule has 3 saturated heterocycles. The zero-order valence-corrected chi connectivity index (χ0v) is 26.9. The molecule has 3 atom stereocenters. The Labute approximate surface area is 276 Å². The van der Waals surface area contributed by atoms with E-state index in [4.69, 9.17) is 4.98 Å². The molecule has 5 heterocycles. The van der Waals surface area contributed by atoms with Gasteiger partial charge in [-0.05, 0) is 86.0 Å². The zero-order valence-electron chi connectivity index (χ0n) is 26.9. The van der Waals surface area contributed by atoms with Crippen LogP contribution in [0.4, 0.5) is 0 Å². The van der Waals surface area contributed by atoms with E-state index in [1.54, 1.807) is 0 Å². The number of imidazole rings is 2. The molecule has 3 aromatic carbocycles. The van der Waals surface area contributed by atoms with Crippen molar-refractivity contribution in [3.8, 4) is 33.6 Å². The largest absolute Gasteiger partial charge is 0.341 e. The molecular weight excluding hydrogens is 582 g/mol. The number of rotatable bonds is 8. The van der Waals surface area contributed by atoms with Gasteiger partial charge in [-0.3, -0.25) is 9.69 Å². The summed E-state index contributed by atoms with van der Waals surface area (Å²) < 4.78 is 0. The van der Waals surface area contributed by atoms with Gasteiger partial charge in [0.1, 0.15) is 17.7 Å². The van der Waals surface area contributed by atoms with Crippen molar-refractivity contribution in [1.29, 1.82) is 0 Å². The van der Waals surface area contributed by atoms with E-state index in [1.165, 1.54) is 18.4 Å². The molecule has 0 radical (unpaired) electrons. The van der Waals surface area contributed by atoms with Crippen LogP contribution in [0.2, 0.25) is 0 Å². The summed E-state index contributed by atoms with van der Waals surface area (Å²) in [6.45, 7) is 3.77. The molecule has 0 bridgehead atoms. The highest BCUT2D eigenvalue weighted by Gasteiger charge is 2.38. The first kappa shape index (κ1) is 29.8. The number of aromatic nitrogens is 4. The summed E-state index contributed by atoms with van der Waals surface area (Å²) in [5, 5.41) is 3.51. The maximum absolute atomic E-state index is 14.3. The molecule has 0 aliphatic carbocycles. The van der Waals surface area contributed by atoms with Crippen LogP contribution in [0.15, 0.2) is 91.3 Å². The summed E-state index contributed by atoms with van der Waals surface area (Å²) in [5.74, 6) is 2.11. The molecule has 8 nitrogen and oxygen atoms in total. The average Bonchev–Trinajstić information content (AvgIpc) is 3.97. The lowest BCUT2D eigenvalue weighted by atomic mass is 10.00. The predicted molar refractivity (Wildman–Crippen MR) is 185 cm³/mol. The van der Waals surface area contributed by atoms with Crippen molar-refractivity contribution in [2.45, 2.75) is 63.1 Å². The molecule has 2 aromatic heterocycles. The number of carbonyl (C=O) groups is 1. The third-order valence-corrected chi connectivity index (χ3v) is 10.3. The monoisotopic (exact) mass is 625 g/mol. The SMILES string of the molecule is O=C([C@@H](c1ccccc1)N1CCCCC1)N1CCC[C@H]1c1ncc(-c2ccc(-c3ccc(-c4cnc([C@@H]5CCCN5)[nH]4)cc3)cc2)[nH]1. The number of benzene rings is 3. The molecule has 3 fully saturated rings. The molecule has 0 unspecified atom stereocenters. The van der Waals surface area contributed by atoms with Gasteiger partial charge in [0.15, 0.2) is 0 Å². The van der Waals surface area contributed by atoms with Crippen LogP contribution >= 0.6 is 0 Å². The lowest BCUT2D eigenvalue weighted by molar-refractivity contribution is -0.139. The van der Waals surface area contributed by atoms with E-state index in [1.807, 2.05) is 30.6 Å². The van der Waals surface area contributed by atoms with Gasteiger partial charge >= 0.3 is 0 Å². The molecule has 3 aliphatic heterocycles. The molecule has 8 rings (SSSR count). The van der Waals surface area contributed by atoms with E-state index in [0.717, 1.165) is 104 Å². The normalized spacial score (nSPS) is 20.9. The Morgan fingerprint density at radius 3 is 1.91 bits per heavy atom. The lowest BCUT2D eigenvalue weighted by Gasteiger charge is -2.37. The zero-order chi connectivity index (χ0) is 31.6. The minimum Gasteiger partial charge on any atom is -0.341 e. The average molecular weight is 626 g/mol. The number of nitrogens with zero attached hydrogens (tertiary/aromatic N) is 4. The summed E-state index contributed by atoms with van der Waals surface area (Å²) in [6, 6.07) is 27.7. The van der Waals surface area contributed by atoms with Gasteiger partial charge < -0.3 is 20.2 Å². The van der Waals surface area contributed by atoms with E-state index < -0.39 is 0 Å². The molecule has 0 saturated carbocycles. The second kappa shape index (κ2) is 13.3. The number of carbonyl (C=O) groups excluding carboxylic acids is 1. The highest BCUT2D eigenvalue weighted by Crippen LogP contribution is 2.36. The summed E-state index contributed by atoms with van der Waals surface area (Å²) in [5.41, 5.74) is 7.67. The first-order valence-electron chi connectivity index (χ1n) is 17.4. The number of hydrogen-bond donors (Lipinski definition) is 3. The second-order valence-electron chi connectivity index (χ2n) is 13.3. The molecule has 47 heavy (non-hydrogen) atoms. The lowest BCUT2D eigenvalue weighted by Crippen LogP contribution is -2.44. The van der Waals surface area contributed by atoms with Gasteiger partial charge in [0.25, 0.3) is 0 Å². The van der Waals surface area contributed by atoms with Gasteiger partial charge in [-0.2, -0.15) is 0 Å².